The first kappa shape index (κ1) is 20.6. The van der Waals surface area contributed by atoms with Gasteiger partial charge >= 0.3 is 0 Å². The molecule has 5 nitrogen and oxygen atoms in total. The minimum atomic E-state index is -0.393. The fraction of sp³-hybridized carbons (Fsp3) is 0.250. The quantitative estimate of drug-likeness (QED) is 0.565. The largest absolute Gasteiger partial charge is 0.374 e. The summed E-state index contributed by atoms with van der Waals surface area (Å²) >= 11 is 0. The first-order valence-corrected chi connectivity index (χ1v) is 9.79. The molecular weight excluding hydrogens is 364 g/mol. The van der Waals surface area contributed by atoms with E-state index in [-0.39, 0.29) is 17.6 Å². The van der Waals surface area contributed by atoms with Gasteiger partial charge in [-0.25, -0.2) is 0 Å². The van der Waals surface area contributed by atoms with Crippen LogP contribution in [0.5, 0.6) is 0 Å². The number of amides is 1. The lowest BCUT2D eigenvalue weighted by atomic mass is 10.1. The molecule has 5 heteroatoms. The van der Waals surface area contributed by atoms with E-state index in [0.717, 1.165) is 16.7 Å². The molecule has 1 heterocycles. The number of aryl methyl sites for hydroxylation is 1. The Labute approximate surface area is 170 Å². The summed E-state index contributed by atoms with van der Waals surface area (Å²) in [4.78, 5) is 27.4. The Hall–Kier alpha value is -3.18. The Bertz CT molecular complexity index is 1010. The topological polar surface area (TPSA) is 71.2 Å². The van der Waals surface area contributed by atoms with Gasteiger partial charge in [0.2, 0.25) is 0 Å². The Kier molecular flexibility index (Phi) is 6.98. The molecule has 150 valence electrons. The van der Waals surface area contributed by atoms with Gasteiger partial charge in [-0.1, -0.05) is 54.1 Å². The van der Waals surface area contributed by atoms with Crippen molar-refractivity contribution in [2.75, 3.05) is 13.2 Å². The van der Waals surface area contributed by atoms with Crippen LogP contribution in [0.1, 0.15) is 40.9 Å². The summed E-state index contributed by atoms with van der Waals surface area (Å²) in [5.74, 6) is -0.377. The van der Waals surface area contributed by atoms with E-state index in [2.05, 4.69) is 10.3 Å². The van der Waals surface area contributed by atoms with Crippen molar-refractivity contribution < 1.29 is 9.53 Å². The molecule has 0 aliphatic heterocycles. The molecule has 0 aliphatic carbocycles. The summed E-state index contributed by atoms with van der Waals surface area (Å²) in [5, 5.41) is 2.78. The maximum absolute atomic E-state index is 12.3. The Balaban J connectivity index is 1.49. The number of benzene rings is 2. The summed E-state index contributed by atoms with van der Waals surface area (Å²) in [5.41, 5.74) is 3.55. The third-order valence-corrected chi connectivity index (χ3v) is 4.73. The molecule has 0 aliphatic rings. The number of aromatic amines is 1. The van der Waals surface area contributed by atoms with Crippen molar-refractivity contribution in [3.63, 3.8) is 0 Å². The van der Waals surface area contributed by atoms with Crippen LogP contribution < -0.4 is 10.9 Å². The molecule has 2 aromatic carbocycles. The summed E-state index contributed by atoms with van der Waals surface area (Å²) in [6, 6.07) is 21.2. The van der Waals surface area contributed by atoms with E-state index in [9.17, 15) is 9.59 Å². The summed E-state index contributed by atoms with van der Waals surface area (Å²) < 4.78 is 5.79. The van der Waals surface area contributed by atoms with Gasteiger partial charge in [0.15, 0.2) is 0 Å². The van der Waals surface area contributed by atoms with Gasteiger partial charge in [-0.15, -0.1) is 0 Å². The zero-order valence-electron chi connectivity index (χ0n) is 16.8. The molecule has 0 spiro atoms. The number of H-pyrrole nitrogens is 1. The molecule has 1 amide bonds. The van der Waals surface area contributed by atoms with Crippen molar-refractivity contribution in [1.29, 1.82) is 0 Å². The highest BCUT2D eigenvalue weighted by molar-refractivity contribution is 5.94. The first-order valence-electron chi connectivity index (χ1n) is 9.79. The lowest BCUT2D eigenvalue weighted by Crippen LogP contribution is -2.30. The van der Waals surface area contributed by atoms with Gasteiger partial charge in [-0.2, -0.15) is 0 Å². The number of aromatic nitrogens is 1. The van der Waals surface area contributed by atoms with Gasteiger partial charge in [0.25, 0.3) is 11.5 Å². The average molecular weight is 390 g/mol. The van der Waals surface area contributed by atoms with E-state index < -0.39 is 5.56 Å². The maximum atomic E-state index is 12.3. The second-order valence-corrected chi connectivity index (χ2v) is 7.02. The van der Waals surface area contributed by atoms with E-state index in [1.54, 1.807) is 12.1 Å². The molecule has 0 saturated carbocycles. The second-order valence-electron chi connectivity index (χ2n) is 7.02. The van der Waals surface area contributed by atoms with E-state index >= 15 is 0 Å². The smallest absolute Gasteiger partial charge is 0.261 e. The number of nitrogens with one attached hydrogen (secondary N) is 2. The highest BCUT2D eigenvalue weighted by Crippen LogP contribution is 2.17. The van der Waals surface area contributed by atoms with E-state index in [1.165, 1.54) is 0 Å². The van der Waals surface area contributed by atoms with Crippen LogP contribution in [0.15, 0.2) is 71.5 Å². The molecule has 2 N–H and O–H groups in total. The monoisotopic (exact) mass is 390 g/mol. The highest BCUT2D eigenvalue weighted by atomic mass is 16.5. The molecule has 0 saturated heterocycles. The molecule has 29 heavy (non-hydrogen) atoms. The number of ether oxygens (including phenoxy) is 1. The van der Waals surface area contributed by atoms with Crippen molar-refractivity contribution >= 4 is 5.91 Å². The molecule has 3 aromatic rings. The second kappa shape index (κ2) is 9.85. The Morgan fingerprint density at radius 3 is 2.59 bits per heavy atom. The van der Waals surface area contributed by atoms with Crippen molar-refractivity contribution in [2.45, 2.75) is 26.4 Å². The van der Waals surface area contributed by atoms with Crippen molar-refractivity contribution in [2.24, 2.45) is 0 Å². The molecule has 3 rings (SSSR count). The molecule has 0 fully saturated rings. The Morgan fingerprint density at radius 2 is 1.86 bits per heavy atom. The number of pyridine rings is 1. The van der Waals surface area contributed by atoms with Crippen LogP contribution in [-0.2, 0) is 4.74 Å². The predicted octanol–water partition coefficient (Wildman–Crippen LogP) is 4.25. The SMILES string of the molecule is Cc1cccc(-c2ccc(C(=O)NCCCOC(C)c3ccccc3)c(=O)[nH]2)c1. The standard InChI is InChI=1S/C24H26N2O3/c1-17-8-6-11-20(16-17)22-13-12-21(24(28)26-22)23(27)25-14-7-15-29-18(2)19-9-4-3-5-10-19/h3-6,8-13,16,18H,7,14-15H2,1-2H3,(H,25,27)(H,26,28). The number of hydrogen-bond donors (Lipinski definition) is 2. The molecular formula is C24H26N2O3. The van der Waals surface area contributed by atoms with Gasteiger partial charge < -0.3 is 15.0 Å². The maximum Gasteiger partial charge on any atom is 0.261 e. The Morgan fingerprint density at radius 1 is 1.07 bits per heavy atom. The number of rotatable bonds is 8. The fourth-order valence-electron chi connectivity index (χ4n) is 3.08. The van der Waals surface area contributed by atoms with Crippen LogP contribution >= 0.6 is 0 Å². The van der Waals surface area contributed by atoms with Gasteiger partial charge in [-0.3, -0.25) is 9.59 Å². The van der Waals surface area contributed by atoms with Crippen LogP contribution in [0.3, 0.4) is 0 Å². The first-order chi connectivity index (χ1) is 14.0. The third-order valence-electron chi connectivity index (χ3n) is 4.73. The average Bonchev–Trinajstić information content (AvgIpc) is 2.73. The van der Waals surface area contributed by atoms with E-state index in [0.29, 0.717) is 25.3 Å². The van der Waals surface area contributed by atoms with Gasteiger partial charge in [0.1, 0.15) is 5.56 Å². The number of hydrogen-bond acceptors (Lipinski definition) is 3. The minimum Gasteiger partial charge on any atom is -0.374 e. The molecule has 1 unspecified atom stereocenters. The molecule has 1 atom stereocenters. The number of carbonyl (C=O) groups excluding carboxylic acids is 1. The van der Waals surface area contributed by atoms with E-state index in [4.69, 9.17) is 4.74 Å². The normalized spacial score (nSPS) is 11.8. The van der Waals surface area contributed by atoms with E-state index in [1.807, 2.05) is 68.4 Å². The zero-order chi connectivity index (χ0) is 20.6. The molecule has 0 radical (unpaired) electrons. The molecule has 1 aromatic heterocycles. The third kappa shape index (κ3) is 5.65. The fourth-order valence-corrected chi connectivity index (χ4v) is 3.08. The lowest BCUT2D eigenvalue weighted by molar-refractivity contribution is 0.0635. The lowest BCUT2D eigenvalue weighted by Gasteiger charge is -2.13. The van der Waals surface area contributed by atoms with Crippen LogP contribution in [0.2, 0.25) is 0 Å². The summed E-state index contributed by atoms with van der Waals surface area (Å²) in [6.07, 6.45) is 0.672. The van der Waals surface area contributed by atoms with Crippen LogP contribution in [0.25, 0.3) is 11.3 Å². The van der Waals surface area contributed by atoms with Crippen molar-refractivity contribution in [3.05, 3.63) is 93.8 Å². The van der Waals surface area contributed by atoms with Crippen LogP contribution in [-0.4, -0.2) is 24.0 Å². The van der Waals surface area contributed by atoms with Crippen molar-refractivity contribution in [3.8, 4) is 11.3 Å². The molecule has 0 bridgehead atoms. The minimum absolute atomic E-state index is 0.00362. The van der Waals surface area contributed by atoms with Crippen LogP contribution in [0.4, 0.5) is 0 Å². The van der Waals surface area contributed by atoms with Crippen LogP contribution in [0, 0.1) is 6.92 Å². The van der Waals surface area contributed by atoms with Crippen molar-refractivity contribution in [1.82, 2.24) is 10.3 Å². The zero-order valence-corrected chi connectivity index (χ0v) is 16.8. The van der Waals surface area contributed by atoms with Gasteiger partial charge in [0, 0.05) is 18.8 Å². The van der Waals surface area contributed by atoms with Gasteiger partial charge in [-0.05, 0) is 49.6 Å². The highest BCUT2D eigenvalue weighted by Gasteiger charge is 2.11. The predicted molar refractivity (Wildman–Crippen MR) is 115 cm³/mol. The number of carbonyl (C=O) groups is 1. The summed E-state index contributed by atoms with van der Waals surface area (Å²) in [6.45, 7) is 4.97. The van der Waals surface area contributed by atoms with Gasteiger partial charge in [0.05, 0.1) is 6.10 Å². The summed E-state index contributed by atoms with van der Waals surface area (Å²) in [7, 11) is 0.